The second-order valence-electron chi connectivity index (χ2n) is 6.10. The molecule has 0 fully saturated rings. The molecule has 3 aromatic rings. The van der Waals surface area contributed by atoms with Gasteiger partial charge in [0.2, 0.25) is 0 Å². The number of nitrogens with zero attached hydrogens (tertiary/aromatic N) is 3. The fraction of sp³-hybridized carbons (Fsp3) is 0.312. The molecule has 0 saturated carbocycles. The summed E-state index contributed by atoms with van der Waals surface area (Å²) < 4.78 is 0. The lowest BCUT2D eigenvalue weighted by Gasteiger charge is -2.23. The molecule has 6 nitrogen and oxygen atoms in total. The molecule has 0 unspecified atom stereocenters. The van der Waals surface area contributed by atoms with Crippen LogP contribution < -0.4 is 11.1 Å². The van der Waals surface area contributed by atoms with Crippen molar-refractivity contribution in [2.45, 2.75) is 13.8 Å². The molecule has 22 heavy (non-hydrogen) atoms. The zero-order chi connectivity index (χ0) is 15.6. The average Bonchev–Trinajstić information content (AvgIpc) is 2.97. The Morgan fingerprint density at radius 1 is 1.23 bits per heavy atom. The fourth-order valence-electron chi connectivity index (χ4n) is 2.12. The molecule has 0 spiro atoms. The molecule has 3 heterocycles. The van der Waals surface area contributed by atoms with E-state index in [-0.39, 0.29) is 5.41 Å². The predicted octanol–water partition coefficient (Wildman–Crippen LogP) is 2.42. The van der Waals surface area contributed by atoms with Crippen LogP contribution in [0.25, 0.3) is 22.4 Å². The topological polar surface area (TPSA) is 92.5 Å². The van der Waals surface area contributed by atoms with E-state index in [2.05, 4.69) is 39.3 Å². The number of nitrogens with one attached hydrogen (secondary N) is 2. The van der Waals surface area contributed by atoms with E-state index in [1.807, 2.05) is 30.3 Å². The molecule has 0 saturated heterocycles. The minimum absolute atomic E-state index is 0.0284. The molecule has 0 aliphatic carbocycles. The Morgan fingerprint density at radius 3 is 2.91 bits per heavy atom. The number of aromatic amines is 1. The Balaban J connectivity index is 1.88. The molecule has 0 amide bonds. The summed E-state index contributed by atoms with van der Waals surface area (Å²) in [6, 6.07) is 9.75. The Labute approximate surface area is 129 Å². The second kappa shape index (κ2) is 5.73. The largest absolute Gasteiger partial charge is 0.369 e. The van der Waals surface area contributed by atoms with Gasteiger partial charge in [-0.15, -0.1) is 0 Å². The summed E-state index contributed by atoms with van der Waals surface area (Å²) in [6.07, 6.45) is 1.74. The highest BCUT2D eigenvalue weighted by molar-refractivity contribution is 5.89. The van der Waals surface area contributed by atoms with Crippen molar-refractivity contribution in [2.24, 2.45) is 11.1 Å². The summed E-state index contributed by atoms with van der Waals surface area (Å²) in [7, 11) is 0. The Hall–Kier alpha value is -2.47. The summed E-state index contributed by atoms with van der Waals surface area (Å²) in [5, 5.41) is 11.6. The van der Waals surface area contributed by atoms with Gasteiger partial charge in [-0.25, -0.2) is 9.97 Å². The van der Waals surface area contributed by atoms with E-state index in [4.69, 9.17) is 5.73 Å². The van der Waals surface area contributed by atoms with Crippen LogP contribution in [-0.2, 0) is 0 Å². The van der Waals surface area contributed by atoms with Crippen LogP contribution >= 0.6 is 0 Å². The number of pyridine rings is 2. The monoisotopic (exact) mass is 296 g/mol. The molecule has 3 aromatic heterocycles. The third-order valence-corrected chi connectivity index (χ3v) is 3.63. The number of fused-ring (bicyclic) bond motifs is 1. The first-order valence-electron chi connectivity index (χ1n) is 7.29. The number of hydrogen-bond donors (Lipinski definition) is 3. The van der Waals surface area contributed by atoms with Crippen molar-refractivity contribution < 1.29 is 0 Å². The molecule has 0 radical (unpaired) electrons. The summed E-state index contributed by atoms with van der Waals surface area (Å²) >= 11 is 0. The SMILES string of the molecule is CC(C)(CN)CNc1cccc(-c2n[nH]c3ncccc23)n1. The zero-order valence-corrected chi connectivity index (χ0v) is 12.8. The van der Waals surface area contributed by atoms with Crippen LogP contribution in [0.15, 0.2) is 36.5 Å². The number of nitrogens with two attached hydrogens (primary N) is 1. The minimum atomic E-state index is 0.0284. The summed E-state index contributed by atoms with van der Waals surface area (Å²) in [5.74, 6) is 0.819. The van der Waals surface area contributed by atoms with Crippen molar-refractivity contribution in [1.29, 1.82) is 0 Å². The van der Waals surface area contributed by atoms with Crippen LogP contribution in [0.2, 0.25) is 0 Å². The van der Waals surface area contributed by atoms with Crippen molar-refractivity contribution in [1.82, 2.24) is 20.2 Å². The van der Waals surface area contributed by atoms with Gasteiger partial charge in [0.05, 0.1) is 5.69 Å². The highest BCUT2D eigenvalue weighted by Crippen LogP contribution is 2.24. The molecule has 0 atom stereocenters. The lowest BCUT2D eigenvalue weighted by Crippen LogP contribution is -2.31. The lowest BCUT2D eigenvalue weighted by molar-refractivity contribution is 0.405. The Kier molecular flexibility index (Phi) is 3.77. The first-order chi connectivity index (χ1) is 10.6. The van der Waals surface area contributed by atoms with Gasteiger partial charge in [0, 0.05) is 18.1 Å². The first kappa shape index (κ1) is 14.5. The van der Waals surface area contributed by atoms with Crippen molar-refractivity contribution in [3.63, 3.8) is 0 Å². The third kappa shape index (κ3) is 2.92. The van der Waals surface area contributed by atoms with Crippen LogP contribution in [0.1, 0.15) is 13.8 Å². The van der Waals surface area contributed by atoms with Crippen molar-refractivity contribution in [2.75, 3.05) is 18.4 Å². The van der Waals surface area contributed by atoms with Gasteiger partial charge in [-0.2, -0.15) is 5.10 Å². The third-order valence-electron chi connectivity index (χ3n) is 3.63. The van der Waals surface area contributed by atoms with Crippen molar-refractivity contribution in [3.8, 4) is 11.4 Å². The zero-order valence-electron chi connectivity index (χ0n) is 12.8. The molecule has 4 N–H and O–H groups in total. The van der Waals surface area contributed by atoms with Crippen molar-refractivity contribution in [3.05, 3.63) is 36.5 Å². The smallest absolute Gasteiger partial charge is 0.155 e. The van der Waals surface area contributed by atoms with E-state index >= 15 is 0 Å². The standard InChI is InChI=1S/C16H20N6/c1-16(2,9-17)10-19-13-7-3-6-12(20-13)14-11-5-4-8-18-15(11)22-21-14/h3-8H,9-10,17H2,1-2H3,(H,19,20)(H,18,21,22). The van der Waals surface area contributed by atoms with Crippen LogP contribution in [0.3, 0.4) is 0 Å². The molecule has 0 aliphatic rings. The highest BCUT2D eigenvalue weighted by Gasteiger charge is 2.16. The maximum atomic E-state index is 5.76. The summed E-state index contributed by atoms with van der Waals surface area (Å²) in [6.45, 7) is 5.63. The van der Waals surface area contributed by atoms with E-state index in [1.54, 1.807) is 6.20 Å². The normalized spacial score (nSPS) is 11.8. The van der Waals surface area contributed by atoms with E-state index in [1.165, 1.54) is 0 Å². The van der Waals surface area contributed by atoms with E-state index in [0.717, 1.165) is 34.8 Å². The lowest BCUT2D eigenvalue weighted by atomic mass is 9.94. The molecule has 0 aromatic carbocycles. The highest BCUT2D eigenvalue weighted by atomic mass is 15.2. The Bertz CT molecular complexity index is 777. The van der Waals surface area contributed by atoms with E-state index < -0.39 is 0 Å². The minimum Gasteiger partial charge on any atom is -0.369 e. The van der Waals surface area contributed by atoms with E-state index in [0.29, 0.717) is 6.54 Å². The molecule has 3 rings (SSSR count). The average molecular weight is 296 g/mol. The van der Waals surface area contributed by atoms with Gasteiger partial charge < -0.3 is 11.1 Å². The first-order valence-corrected chi connectivity index (χ1v) is 7.29. The van der Waals surface area contributed by atoms with Crippen LogP contribution in [0, 0.1) is 5.41 Å². The molecular weight excluding hydrogens is 276 g/mol. The van der Waals surface area contributed by atoms with Gasteiger partial charge in [-0.05, 0) is 36.2 Å². The second-order valence-corrected chi connectivity index (χ2v) is 6.10. The van der Waals surface area contributed by atoms with Crippen molar-refractivity contribution >= 4 is 16.9 Å². The molecule has 0 aliphatic heterocycles. The quantitative estimate of drug-likeness (QED) is 0.672. The maximum absolute atomic E-state index is 5.76. The number of hydrogen-bond acceptors (Lipinski definition) is 5. The summed E-state index contributed by atoms with van der Waals surface area (Å²) in [4.78, 5) is 8.89. The Morgan fingerprint density at radius 2 is 2.09 bits per heavy atom. The molecule has 114 valence electrons. The van der Waals surface area contributed by atoms with Gasteiger partial charge in [0.25, 0.3) is 0 Å². The van der Waals surface area contributed by atoms with Crippen LogP contribution in [-0.4, -0.2) is 33.3 Å². The van der Waals surface area contributed by atoms with Gasteiger partial charge in [-0.1, -0.05) is 19.9 Å². The maximum Gasteiger partial charge on any atom is 0.155 e. The number of H-pyrrole nitrogens is 1. The molecule has 6 heteroatoms. The summed E-state index contributed by atoms with van der Waals surface area (Å²) in [5.41, 5.74) is 8.18. The van der Waals surface area contributed by atoms with Crippen LogP contribution in [0.5, 0.6) is 0 Å². The molecule has 0 bridgehead atoms. The number of rotatable bonds is 5. The van der Waals surface area contributed by atoms with Gasteiger partial charge in [-0.3, -0.25) is 5.10 Å². The number of aromatic nitrogens is 4. The van der Waals surface area contributed by atoms with E-state index in [9.17, 15) is 0 Å². The van der Waals surface area contributed by atoms with Gasteiger partial charge in [0.1, 0.15) is 11.5 Å². The number of anilines is 1. The van der Waals surface area contributed by atoms with Crippen LogP contribution in [0.4, 0.5) is 5.82 Å². The predicted molar refractivity (Wildman–Crippen MR) is 88.4 cm³/mol. The van der Waals surface area contributed by atoms with Gasteiger partial charge >= 0.3 is 0 Å². The fourth-order valence-corrected chi connectivity index (χ4v) is 2.12. The van der Waals surface area contributed by atoms with Gasteiger partial charge in [0.15, 0.2) is 5.65 Å². The molecular formula is C16H20N6.